The maximum atomic E-state index is 12.5. The molecule has 0 bridgehead atoms. The lowest BCUT2D eigenvalue weighted by Gasteiger charge is -2.21. The first kappa shape index (κ1) is 13.7. The number of ether oxygens (including phenoxy) is 3. The Morgan fingerprint density at radius 3 is 2.81 bits per heavy atom. The van der Waals surface area contributed by atoms with Crippen molar-refractivity contribution in [2.45, 2.75) is 18.6 Å². The van der Waals surface area contributed by atoms with Crippen LogP contribution >= 0.6 is 0 Å². The summed E-state index contributed by atoms with van der Waals surface area (Å²) in [6, 6.07) is 3.96. The number of carboxylic acid groups (broad SMARTS) is 1. The molecular weight excluding hydrogens is 278 g/mol. The molecule has 1 N–H and O–H groups in total. The van der Waals surface area contributed by atoms with Gasteiger partial charge in [0.05, 0.1) is 6.10 Å². The van der Waals surface area contributed by atoms with E-state index >= 15 is 0 Å². The van der Waals surface area contributed by atoms with Crippen LogP contribution in [0.4, 0.5) is 0 Å². The Morgan fingerprint density at radius 1 is 1.33 bits per heavy atom. The fraction of sp³-hybridized carbons (Fsp3) is 0.429. The van der Waals surface area contributed by atoms with Crippen molar-refractivity contribution in [3.8, 4) is 11.5 Å². The van der Waals surface area contributed by atoms with Crippen LogP contribution in [0.25, 0.3) is 0 Å². The van der Waals surface area contributed by atoms with Crippen LogP contribution in [-0.4, -0.2) is 54.5 Å². The van der Waals surface area contributed by atoms with Crippen molar-refractivity contribution in [3.63, 3.8) is 0 Å². The lowest BCUT2D eigenvalue weighted by molar-refractivity contribution is -0.141. The second-order valence-electron chi connectivity index (χ2n) is 4.97. The number of carbonyl (C=O) groups excluding carboxylic acids is 1. The molecule has 0 aromatic heterocycles. The van der Waals surface area contributed by atoms with Crippen molar-refractivity contribution in [1.82, 2.24) is 4.90 Å². The minimum Gasteiger partial charge on any atom is -0.480 e. The van der Waals surface area contributed by atoms with E-state index in [2.05, 4.69) is 0 Å². The minimum atomic E-state index is -1.02. The third-order valence-electron chi connectivity index (χ3n) is 3.76. The van der Waals surface area contributed by atoms with Gasteiger partial charge in [-0.15, -0.1) is 0 Å². The van der Waals surface area contributed by atoms with Crippen molar-refractivity contribution in [3.05, 3.63) is 23.8 Å². The number of methoxy groups -OCH3 is 1. The van der Waals surface area contributed by atoms with Crippen LogP contribution in [0, 0.1) is 0 Å². The molecule has 112 valence electrons. The SMILES string of the molecule is COC1CC(C(=O)O)N(C(=O)c2ccc3c(c2)OCO3)C1. The van der Waals surface area contributed by atoms with Gasteiger partial charge in [0.15, 0.2) is 11.5 Å². The number of benzene rings is 1. The standard InChI is InChI=1S/C14H15NO6/c1-19-9-5-10(14(17)18)15(6-9)13(16)8-2-3-11-12(4-8)21-7-20-11/h2-4,9-10H,5-7H2,1H3,(H,17,18). The molecule has 1 fully saturated rings. The number of carbonyl (C=O) groups is 2. The van der Waals surface area contributed by atoms with Crippen LogP contribution in [0.5, 0.6) is 11.5 Å². The number of aliphatic carboxylic acids is 1. The Bertz CT molecular complexity index is 587. The highest BCUT2D eigenvalue weighted by Gasteiger charge is 2.40. The average Bonchev–Trinajstić information content (AvgIpc) is 3.11. The van der Waals surface area contributed by atoms with E-state index in [0.29, 0.717) is 23.5 Å². The predicted octanol–water partition coefficient (Wildman–Crippen LogP) is 0.729. The Morgan fingerprint density at radius 2 is 2.10 bits per heavy atom. The first-order valence-electron chi connectivity index (χ1n) is 6.56. The summed E-state index contributed by atoms with van der Waals surface area (Å²) in [5, 5.41) is 9.25. The molecule has 1 aromatic carbocycles. The van der Waals surface area contributed by atoms with Crippen molar-refractivity contribution >= 4 is 11.9 Å². The molecule has 21 heavy (non-hydrogen) atoms. The summed E-state index contributed by atoms with van der Waals surface area (Å²) in [4.78, 5) is 25.2. The Balaban J connectivity index is 1.85. The summed E-state index contributed by atoms with van der Waals surface area (Å²) in [6.45, 7) is 0.390. The zero-order valence-electron chi connectivity index (χ0n) is 11.4. The van der Waals surface area contributed by atoms with Gasteiger partial charge in [0.25, 0.3) is 5.91 Å². The second-order valence-corrected chi connectivity index (χ2v) is 4.97. The van der Waals surface area contributed by atoms with Crippen LogP contribution in [0.3, 0.4) is 0 Å². The lowest BCUT2D eigenvalue weighted by Crippen LogP contribution is -2.40. The summed E-state index contributed by atoms with van der Waals surface area (Å²) in [5.41, 5.74) is 0.377. The van der Waals surface area contributed by atoms with Crippen molar-refractivity contribution in [2.75, 3.05) is 20.4 Å². The second kappa shape index (κ2) is 5.25. The molecule has 2 atom stereocenters. The molecule has 0 saturated carbocycles. The molecule has 1 saturated heterocycles. The molecule has 2 unspecified atom stereocenters. The smallest absolute Gasteiger partial charge is 0.326 e. The minimum absolute atomic E-state index is 0.125. The van der Waals surface area contributed by atoms with Crippen molar-refractivity contribution in [1.29, 1.82) is 0 Å². The van der Waals surface area contributed by atoms with E-state index in [0.717, 1.165) is 0 Å². The number of nitrogens with zero attached hydrogens (tertiary/aromatic N) is 1. The number of rotatable bonds is 3. The molecule has 1 aromatic rings. The van der Waals surface area contributed by atoms with E-state index < -0.39 is 12.0 Å². The number of carboxylic acids is 1. The topological polar surface area (TPSA) is 85.3 Å². The highest BCUT2D eigenvalue weighted by molar-refractivity contribution is 5.97. The van der Waals surface area contributed by atoms with E-state index in [9.17, 15) is 14.7 Å². The van der Waals surface area contributed by atoms with Gasteiger partial charge in [-0.25, -0.2) is 4.79 Å². The quantitative estimate of drug-likeness (QED) is 0.884. The van der Waals surface area contributed by atoms with Crippen LogP contribution in [-0.2, 0) is 9.53 Å². The van der Waals surface area contributed by atoms with Gasteiger partial charge in [-0.1, -0.05) is 0 Å². The molecule has 0 spiro atoms. The predicted molar refractivity (Wildman–Crippen MR) is 70.4 cm³/mol. The van der Waals surface area contributed by atoms with Gasteiger partial charge in [-0.2, -0.15) is 0 Å². The first-order valence-corrected chi connectivity index (χ1v) is 6.56. The summed E-state index contributed by atoms with van der Waals surface area (Å²) in [5.74, 6) is -0.295. The zero-order chi connectivity index (χ0) is 15.0. The molecule has 7 heteroatoms. The lowest BCUT2D eigenvalue weighted by atomic mass is 10.1. The summed E-state index contributed by atoms with van der Waals surface area (Å²) in [6.07, 6.45) is 0.0336. The van der Waals surface area contributed by atoms with Gasteiger partial charge in [0, 0.05) is 25.6 Å². The van der Waals surface area contributed by atoms with Gasteiger partial charge in [-0.3, -0.25) is 4.79 Å². The van der Waals surface area contributed by atoms with Crippen LogP contribution in [0.15, 0.2) is 18.2 Å². The maximum Gasteiger partial charge on any atom is 0.326 e. The molecule has 3 rings (SSSR count). The van der Waals surface area contributed by atoms with Crippen LogP contribution in [0.2, 0.25) is 0 Å². The zero-order valence-corrected chi connectivity index (χ0v) is 11.4. The van der Waals surface area contributed by atoms with Gasteiger partial charge in [0.2, 0.25) is 6.79 Å². The van der Waals surface area contributed by atoms with Crippen LogP contribution < -0.4 is 9.47 Å². The largest absolute Gasteiger partial charge is 0.480 e. The molecule has 0 aliphatic carbocycles. The average molecular weight is 293 g/mol. The fourth-order valence-electron chi connectivity index (χ4n) is 2.62. The number of amides is 1. The number of hydrogen-bond acceptors (Lipinski definition) is 5. The number of likely N-dealkylation sites (tertiary alicyclic amines) is 1. The van der Waals surface area contributed by atoms with E-state index in [-0.39, 0.29) is 25.3 Å². The summed E-state index contributed by atoms with van der Waals surface area (Å²) < 4.78 is 15.6. The van der Waals surface area contributed by atoms with Gasteiger partial charge < -0.3 is 24.2 Å². The maximum absolute atomic E-state index is 12.5. The Kier molecular flexibility index (Phi) is 3.42. The van der Waals surface area contributed by atoms with E-state index in [1.54, 1.807) is 18.2 Å². The molecule has 0 radical (unpaired) electrons. The van der Waals surface area contributed by atoms with E-state index in [1.807, 2.05) is 0 Å². The van der Waals surface area contributed by atoms with Crippen LogP contribution in [0.1, 0.15) is 16.8 Å². The van der Waals surface area contributed by atoms with E-state index in [1.165, 1.54) is 12.0 Å². The number of hydrogen-bond donors (Lipinski definition) is 1. The van der Waals surface area contributed by atoms with Crippen molar-refractivity contribution in [2.24, 2.45) is 0 Å². The third kappa shape index (κ3) is 2.40. The fourth-order valence-corrected chi connectivity index (χ4v) is 2.62. The molecular formula is C14H15NO6. The highest BCUT2D eigenvalue weighted by Crippen LogP contribution is 2.33. The van der Waals surface area contributed by atoms with Gasteiger partial charge in [-0.05, 0) is 18.2 Å². The van der Waals surface area contributed by atoms with E-state index in [4.69, 9.17) is 14.2 Å². The molecule has 2 aliphatic heterocycles. The molecule has 7 nitrogen and oxygen atoms in total. The van der Waals surface area contributed by atoms with Gasteiger partial charge in [0.1, 0.15) is 6.04 Å². The molecule has 1 amide bonds. The van der Waals surface area contributed by atoms with Crippen molar-refractivity contribution < 1.29 is 28.9 Å². The first-order chi connectivity index (χ1) is 10.1. The Labute approximate surface area is 121 Å². The molecule has 2 heterocycles. The normalized spacial score (nSPS) is 23.4. The summed E-state index contributed by atoms with van der Waals surface area (Å²) in [7, 11) is 1.51. The number of fused-ring (bicyclic) bond motifs is 1. The monoisotopic (exact) mass is 293 g/mol. The Hall–Kier alpha value is -2.28. The summed E-state index contributed by atoms with van der Waals surface area (Å²) >= 11 is 0. The third-order valence-corrected chi connectivity index (χ3v) is 3.76. The van der Waals surface area contributed by atoms with Gasteiger partial charge >= 0.3 is 5.97 Å². The molecule has 2 aliphatic rings. The highest BCUT2D eigenvalue weighted by atomic mass is 16.7.